The molecular formula is C15H18N2O3. The highest BCUT2D eigenvalue weighted by Gasteiger charge is 2.21. The van der Waals surface area contributed by atoms with Crippen LogP contribution in [0.15, 0.2) is 18.2 Å². The number of nitrogens with one attached hydrogen (secondary N) is 1. The third-order valence-electron chi connectivity index (χ3n) is 3.12. The topological polar surface area (TPSA) is 64.4 Å². The molecule has 0 aliphatic heterocycles. The Bertz CT molecular complexity index is 518. The predicted molar refractivity (Wildman–Crippen MR) is 76.5 cm³/mol. The monoisotopic (exact) mass is 274 g/mol. The van der Waals surface area contributed by atoms with E-state index in [1.807, 2.05) is 0 Å². The molecule has 0 unspecified atom stereocenters. The van der Waals surface area contributed by atoms with Crippen molar-refractivity contribution >= 4 is 5.69 Å². The minimum atomic E-state index is -0.422. The maximum atomic E-state index is 11.0. The molecule has 0 aromatic heterocycles. The molecular weight excluding hydrogens is 256 g/mol. The first-order chi connectivity index (χ1) is 9.70. The van der Waals surface area contributed by atoms with Crippen LogP contribution in [0.5, 0.6) is 5.75 Å². The van der Waals surface area contributed by atoms with Gasteiger partial charge in [-0.05, 0) is 30.9 Å². The summed E-state index contributed by atoms with van der Waals surface area (Å²) in [4.78, 5) is 10.6. The van der Waals surface area contributed by atoms with Gasteiger partial charge in [-0.25, -0.2) is 0 Å². The van der Waals surface area contributed by atoms with Crippen LogP contribution in [-0.4, -0.2) is 17.6 Å². The van der Waals surface area contributed by atoms with Gasteiger partial charge in [-0.15, -0.1) is 12.3 Å². The van der Waals surface area contributed by atoms with Gasteiger partial charge >= 0.3 is 5.69 Å². The van der Waals surface area contributed by atoms with E-state index in [0.717, 1.165) is 5.56 Å². The maximum Gasteiger partial charge on any atom is 0.310 e. The first-order valence-corrected chi connectivity index (χ1v) is 6.77. The van der Waals surface area contributed by atoms with Crippen LogP contribution in [-0.2, 0) is 6.54 Å². The fourth-order valence-corrected chi connectivity index (χ4v) is 1.84. The molecule has 20 heavy (non-hydrogen) atoms. The van der Waals surface area contributed by atoms with Crippen molar-refractivity contribution in [3.63, 3.8) is 0 Å². The van der Waals surface area contributed by atoms with E-state index in [1.165, 1.54) is 18.9 Å². The number of nitro benzene ring substituents is 1. The zero-order valence-electron chi connectivity index (χ0n) is 11.3. The van der Waals surface area contributed by atoms with Gasteiger partial charge in [-0.1, -0.05) is 6.07 Å². The summed E-state index contributed by atoms with van der Waals surface area (Å²) >= 11 is 0. The molecule has 5 nitrogen and oxygen atoms in total. The first-order valence-electron chi connectivity index (χ1n) is 6.77. The highest BCUT2D eigenvalue weighted by Crippen LogP contribution is 2.28. The third-order valence-corrected chi connectivity index (χ3v) is 3.12. The Kier molecular flexibility index (Phi) is 4.97. The summed E-state index contributed by atoms with van der Waals surface area (Å²) in [5.41, 5.74) is 0.996. The molecule has 1 N–H and O–H groups in total. The van der Waals surface area contributed by atoms with E-state index in [1.54, 1.807) is 12.1 Å². The van der Waals surface area contributed by atoms with Gasteiger partial charge in [0.15, 0.2) is 5.75 Å². The van der Waals surface area contributed by atoms with Gasteiger partial charge in [0.1, 0.15) is 0 Å². The Morgan fingerprint density at radius 3 is 2.95 bits per heavy atom. The zero-order valence-corrected chi connectivity index (χ0v) is 11.3. The molecule has 0 spiro atoms. The van der Waals surface area contributed by atoms with Gasteiger partial charge in [-0.2, -0.15) is 0 Å². The van der Waals surface area contributed by atoms with Crippen LogP contribution in [0.4, 0.5) is 5.69 Å². The Labute approximate surface area is 118 Å². The molecule has 5 heteroatoms. The number of ether oxygens (including phenoxy) is 1. The molecule has 2 rings (SSSR count). The molecule has 0 heterocycles. The lowest BCUT2D eigenvalue weighted by Gasteiger charge is -2.09. The molecule has 0 atom stereocenters. The van der Waals surface area contributed by atoms with Crippen molar-refractivity contribution in [3.05, 3.63) is 33.9 Å². The van der Waals surface area contributed by atoms with Crippen molar-refractivity contribution in [1.82, 2.24) is 5.32 Å². The van der Waals surface area contributed by atoms with Crippen LogP contribution in [0.3, 0.4) is 0 Å². The predicted octanol–water partition coefficient (Wildman–Crippen LogP) is 2.64. The van der Waals surface area contributed by atoms with Gasteiger partial charge in [0, 0.05) is 25.1 Å². The summed E-state index contributed by atoms with van der Waals surface area (Å²) in [6.45, 7) is 1.11. The standard InChI is InChI=1S/C15H18N2O3/c1-2-3-4-9-20-15-10-12(11-16-13-6-7-13)5-8-14(15)17(18)19/h1,5,8,10,13,16H,3-4,6-7,9,11H2. The summed E-state index contributed by atoms with van der Waals surface area (Å²) in [7, 11) is 0. The summed E-state index contributed by atoms with van der Waals surface area (Å²) < 4.78 is 5.50. The number of benzene rings is 1. The van der Waals surface area contributed by atoms with Gasteiger partial charge in [0.2, 0.25) is 0 Å². The second-order valence-corrected chi connectivity index (χ2v) is 4.87. The van der Waals surface area contributed by atoms with E-state index in [0.29, 0.717) is 37.8 Å². The van der Waals surface area contributed by atoms with Crippen LogP contribution in [0, 0.1) is 22.5 Å². The molecule has 1 aromatic carbocycles. The quantitative estimate of drug-likeness (QED) is 0.342. The van der Waals surface area contributed by atoms with Crippen LogP contribution in [0.2, 0.25) is 0 Å². The number of rotatable bonds is 8. The minimum absolute atomic E-state index is 0.000814. The van der Waals surface area contributed by atoms with Gasteiger partial charge in [-0.3, -0.25) is 10.1 Å². The number of terminal acetylenes is 1. The van der Waals surface area contributed by atoms with Crippen LogP contribution < -0.4 is 10.1 Å². The van der Waals surface area contributed by atoms with Crippen LogP contribution in [0.1, 0.15) is 31.2 Å². The fourth-order valence-electron chi connectivity index (χ4n) is 1.84. The molecule has 0 radical (unpaired) electrons. The maximum absolute atomic E-state index is 11.0. The molecule has 1 aromatic rings. The van der Waals surface area contributed by atoms with Crippen LogP contribution in [0.25, 0.3) is 0 Å². The Balaban J connectivity index is 2.00. The van der Waals surface area contributed by atoms with Crippen molar-refractivity contribution in [3.8, 4) is 18.1 Å². The van der Waals surface area contributed by atoms with Crippen molar-refractivity contribution in [2.75, 3.05) is 6.61 Å². The summed E-state index contributed by atoms with van der Waals surface area (Å²) in [5.74, 6) is 2.84. The molecule has 1 saturated carbocycles. The van der Waals surface area contributed by atoms with Crippen molar-refractivity contribution in [2.24, 2.45) is 0 Å². The number of hydrogen-bond donors (Lipinski definition) is 1. The average Bonchev–Trinajstić information content (AvgIpc) is 3.25. The van der Waals surface area contributed by atoms with E-state index in [2.05, 4.69) is 11.2 Å². The normalized spacial score (nSPS) is 13.8. The van der Waals surface area contributed by atoms with E-state index >= 15 is 0 Å². The molecule has 0 saturated heterocycles. The second kappa shape index (κ2) is 6.92. The average molecular weight is 274 g/mol. The lowest BCUT2D eigenvalue weighted by molar-refractivity contribution is -0.385. The highest BCUT2D eigenvalue weighted by atomic mass is 16.6. The lowest BCUT2D eigenvalue weighted by Crippen LogP contribution is -2.15. The molecule has 106 valence electrons. The summed E-state index contributed by atoms with van der Waals surface area (Å²) in [6.07, 6.45) is 8.88. The fraction of sp³-hybridized carbons (Fsp3) is 0.467. The number of nitrogens with zero attached hydrogens (tertiary/aromatic N) is 1. The molecule has 0 bridgehead atoms. The third kappa shape index (κ3) is 4.25. The smallest absolute Gasteiger partial charge is 0.310 e. The van der Waals surface area contributed by atoms with E-state index in [4.69, 9.17) is 11.2 Å². The lowest BCUT2D eigenvalue weighted by atomic mass is 10.2. The van der Waals surface area contributed by atoms with Crippen molar-refractivity contribution in [1.29, 1.82) is 0 Å². The SMILES string of the molecule is C#CCCCOc1cc(CNC2CC2)ccc1[N+](=O)[O-]. The Hall–Kier alpha value is -2.06. The minimum Gasteiger partial charge on any atom is -0.487 e. The van der Waals surface area contributed by atoms with Crippen molar-refractivity contribution < 1.29 is 9.66 Å². The Morgan fingerprint density at radius 2 is 2.30 bits per heavy atom. The van der Waals surface area contributed by atoms with Crippen LogP contribution >= 0.6 is 0 Å². The zero-order chi connectivity index (χ0) is 14.4. The molecule has 0 amide bonds. The highest BCUT2D eigenvalue weighted by molar-refractivity contribution is 5.48. The van der Waals surface area contributed by atoms with Gasteiger partial charge < -0.3 is 10.1 Å². The number of nitro groups is 1. The summed E-state index contributed by atoms with van der Waals surface area (Å²) in [5, 5.41) is 14.3. The number of hydrogen-bond acceptors (Lipinski definition) is 4. The van der Waals surface area contributed by atoms with E-state index in [-0.39, 0.29) is 5.69 Å². The summed E-state index contributed by atoms with van der Waals surface area (Å²) in [6, 6.07) is 5.61. The second-order valence-electron chi connectivity index (χ2n) is 4.87. The van der Waals surface area contributed by atoms with Crippen molar-refractivity contribution in [2.45, 2.75) is 38.3 Å². The molecule has 1 aliphatic carbocycles. The van der Waals surface area contributed by atoms with Gasteiger partial charge in [0.25, 0.3) is 0 Å². The largest absolute Gasteiger partial charge is 0.487 e. The number of unbranched alkanes of at least 4 members (excludes halogenated alkanes) is 1. The van der Waals surface area contributed by atoms with E-state index < -0.39 is 4.92 Å². The van der Waals surface area contributed by atoms with E-state index in [9.17, 15) is 10.1 Å². The first kappa shape index (κ1) is 14.4. The molecule has 1 fully saturated rings. The van der Waals surface area contributed by atoms with Gasteiger partial charge in [0.05, 0.1) is 11.5 Å². The Morgan fingerprint density at radius 1 is 1.50 bits per heavy atom. The molecule has 1 aliphatic rings.